The highest BCUT2D eigenvalue weighted by atomic mass is 16.6. The molecule has 138 valence electrons. The molecule has 1 aromatic heterocycles. The molecule has 0 radical (unpaired) electrons. The Kier molecular flexibility index (Phi) is 4.01. The number of amides is 1. The van der Waals surface area contributed by atoms with E-state index in [0.717, 1.165) is 40.9 Å². The first-order chi connectivity index (χ1) is 13.3. The van der Waals surface area contributed by atoms with Crippen molar-refractivity contribution < 1.29 is 14.2 Å². The quantitative estimate of drug-likeness (QED) is 0.711. The molecule has 5 rings (SSSR count). The number of carbonyl (C=O) groups excluding carboxylic acids is 1. The average molecular weight is 364 g/mol. The Bertz CT molecular complexity index is 990. The third-order valence-corrected chi connectivity index (χ3v) is 5.28. The van der Waals surface area contributed by atoms with Gasteiger partial charge in [-0.3, -0.25) is 4.79 Å². The molecule has 0 atom stereocenters. The first-order valence-corrected chi connectivity index (χ1v) is 9.28. The number of nitrogens with zero attached hydrogens (tertiary/aromatic N) is 4. The van der Waals surface area contributed by atoms with Crippen molar-refractivity contribution in [3.63, 3.8) is 0 Å². The molecule has 0 aliphatic carbocycles. The highest BCUT2D eigenvalue weighted by Gasteiger charge is 2.22. The predicted octanol–water partition coefficient (Wildman–Crippen LogP) is 2.57. The summed E-state index contributed by atoms with van der Waals surface area (Å²) in [7, 11) is 0. The lowest BCUT2D eigenvalue weighted by molar-refractivity contribution is 0.0303. The number of rotatable bonds is 3. The number of benzene rings is 2. The van der Waals surface area contributed by atoms with Crippen molar-refractivity contribution in [2.45, 2.75) is 6.42 Å². The maximum absolute atomic E-state index is 12.8. The van der Waals surface area contributed by atoms with E-state index < -0.39 is 0 Å². The lowest BCUT2D eigenvalue weighted by Crippen LogP contribution is -2.40. The summed E-state index contributed by atoms with van der Waals surface area (Å²) in [6, 6.07) is 11.8. The van der Waals surface area contributed by atoms with E-state index in [1.54, 1.807) is 0 Å². The Labute approximate surface area is 156 Å². The van der Waals surface area contributed by atoms with E-state index >= 15 is 0 Å². The smallest absolute Gasteiger partial charge is 0.254 e. The molecule has 0 bridgehead atoms. The van der Waals surface area contributed by atoms with Crippen LogP contribution in [-0.2, 0) is 4.74 Å². The second-order valence-electron chi connectivity index (χ2n) is 6.95. The Balaban J connectivity index is 1.52. The standard InChI is InChI=1S/C20H20N4O3/c25-20(24-7-9-26-10-8-24)15-4-1-3-14(11-15)16-12-17-19(22-27-21-17)18(13-16)23-5-2-6-23/h1,3-4,11-13H,2,5-10H2. The lowest BCUT2D eigenvalue weighted by Gasteiger charge is -2.33. The van der Waals surface area contributed by atoms with Crippen molar-refractivity contribution in [2.24, 2.45) is 0 Å². The van der Waals surface area contributed by atoms with E-state index in [1.807, 2.05) is 35.2 Å². The van der Waals surface area contributed by atoms with E-state index in [1.165, 1.54) is 6.42 Å². The molecule has 0 spiro atoms. The van der Waals surface area contributed by atoms with Crippen molar-refractivity contribution in [1.82, 2.24) is 15.2 Å². The number of hydrogen-bond donors (Lipinski definition) is 0. The molecule has 0 unspecified atom stereocenters. The van der Waals surface area contributed by atoms with Gasteiger partial charge in [0.2, 0.25) is 0 Å². The van der Waals surface area contributed by atoms with Gasteiger partial charge >= 0.3 is 0 Å². The van der Waals surface area contributed by atoms with E-state index in [2.05, 4.69) is 21.3 Å². The first kappa shape index (κ1) is 16.3. The lowest BCUT2D eigenvalue weighted by atomic mass is 10.00. The second kappa shape index (κ2) is 6.66. The third kappa shape index (κ3) is 2.94. The Morgan fingerprint density at radius 2 is 1.81 bits per heavy atom. The zero-order chi connectivity index (χ0) is 18.2. The van der Waals surface area contributed by atoms with Gasteiger partial charge in [0.1, 0.15) is 5.52 Å². The molecular formula is C20H20N4O3. The van der Waals surface area contributed by atoms with Gasteiger partial charge < -0.3 is 14.5 Å². The Hall–Kier alpha value is -2.93. The molecule has 2 aromatic carbocycles. The monoisotopic (exact) mass is 364 g/mol. The minimum Gasteiger partial charge on any atom is -0.378 e. The summed E-state index contributed by atoms with van der Waals surface area (Å²) in [4.78, 5) is 16.9. The SMILES string of the molecule is O=C(c1cccc(-c2cc(N3CCC3)c3nonc3c2)c1)N1CCOCC1. The molecule has 2 aliphatic rings. The van der Waals surface area contributed by atoms with Crippen LogP contribution in [0, 0.1) is 0 Å². The van der Waals surface area contributed by atoms with Crippen molar-refractivity contribution in [3.8, 4) is 11.1 Å². The van der Waals surface area contributed by atoms with Crippen molar-refractivity contribution in [2.75, 3.05) is 44.3 Å². The Morgan fingerprint density at radius 3 is 2.59 bits per heavy atom. The van der Waals surface area contributed by atoms with Crippen LogP contribution in [0.1, 0.15) is 16.8 Å². The van der Waals surface area contributed by atoms with Crippen molar-refractivity contribution in [1.29, 1.82) is 0 Å². The van der Waals surface area contributed by atoms with Crippen LogP contribution in [0.4, 0.5) is 5.69 Å². The summed E-state index contributed by atoms with van der Waals surface area (Å²) in [5.41, 5.74) is 5.26. The van der Waals surface area contributed by atoms with Gasteiger partial charge in [-0.15, -0.1) is 0 Å². The summed E-state index contributed by atoms with van der Waals surface area (Å²) in [6.45, 7) is 4.50. The van der Waals surface area contributed by atoms with Crippen LogP contribution < -0.4 is 4.90 Å². The number of fused-ring (bicyclic) bond motifs is 1. The van der Waals surface area contributed by atoms with Crippen LogP contribution in [0.3, 0.4) is 0 Å². The number of aromatic nitrogens is 2. The fourth-order valence-electron chi connectivity index (χ4n) is 3.62. The summed E-state index contributed by atoms with van der Waals surface area (Å²) < 4.78 is 10.3. The minimum absolute atomic E-state index is 0.0484. The van der Waals surface area contributed by atoms with E-state index in [0.29, 0.717) is 31.9 Å². The Morgan fingerprint density at radius 1 is 0.963 bits per heavy atom. The zero-order valence-electron chi connectivity index (χ0n) is 14.9. The fourth-order valence-corrected chi connectivity index (χ4v) is 3.62. The summed E-state index contributed by atoms with van der Waals surface area (Å²) in [5, 5.41) is 8.10. The largest absolute Gasteiger partial charge is 0.378 e. The molecular weight excluding hydrogens is 344 g/mol. The van der Waals surface area contributed by atoms with Crippen LogP contribution in [0.2, 0.25) is 0 Å². The molecule has 2 aliphatic heterocycles. The maximum atomic E-state index is 12.8. The van der Waals surface area contributed by atoms with Gasteiger partial charge in [-0.1, -0.05) is 12.1 Å². The molecule has 3 heterocycles. The van der Waals surface area contributed by atoms with Crippen LogP contribution in [-0.4, -0.2) is 60.5 Å². The molecule has 0 saturated carbocycles. The highest BCUT2D eigenvalue weighted by Crippen LogP contribution is 2.34. The number of ether oxygens (including phenoxy) is 1. The number of morpholine rings is 1. The van der Waals surface area contributed by atoms with E-state index in [9.17, 15) is 4.79 Å². The number of hydrogen-bond acceptors (Lipinski definition) is 6. The predicted molar refractivity (Wildman–Crippen MR) is 101 cm³/mol. The summed E-state index contributed by atoms with van der Waals surface area (Å²) >= 11 is 0. The first-order valence-electron chi connectivity index (χ1n) is 9.28. The van der Waals surface area contributed by atoms with Gasteiger partial charge in [0, 0.05) is 31.7 Å². The average Bonchev–Trinajstić information content (AvgIpc) is 3.16. The number of anilines is 1. The minimum atomic E-state index is 0.0484. The summed E-state index contributed by atoms with van der Waals surface area (Å²) in [6.07, 6.45) is 1.18. The number of carbonyl (C=O) groups is 1. The van der Waals surface area contributed by atoms with Gasteiger partial charge in [-0.25, -0.2) is 4.63 Å². The van der Waals surface area contributed by atoms with Gasteiger partial charge in [0.25, 0.3) is 5.91 Å². The van der Waals surface area contributed by atoms with Crippen molar-refractivity contribution in [3.05, 3.63) is 42.0 Å². The molecule has 1 amide bonds. The fraction of sp³-hybridized carbons (Fsp3) is 0.350. The molecule has 7 heteroatoms. The normalized spacial score (nSPS) is 17.2. The molecule has 2 fully saturated rings. The topological polar surface area (TPSA) is 71.7 Å². The zero-order valence-corrected chi connectivity index (χ0v) is 14.9. The molecule has 27 heavy (non-hydrogen) atoms. The van der Waals surface area contributed by atoms with Gasteiger partial charge in [0.15, 0.2) is 5.52 Å². The van der Waals surface area contributed by atoms with Crippen molar-refractivity contribution >= 4 is 22.6 Å². The van der Waals surface area contributed by atoms with Crippen LogP contribution in [0.25, 0.3) is 22.2 Å². The third-order valence-electron chi connectivity index (χ3n) is 5.28. The molecule has 7 nitrogen and oxygen atoms in total. The molecule has 2 saturated heterocycles. The van der Waals surface area contributed by atoms with Gasteiger partial charge in [0.05, 0.1) is 18.9 Å². The van der Waals surface area contributed by atoms with E-state index in [-0.39, 0.29) is 5.91 Å². The van der Waals surface area contributed by atoms with E-state index in [4.69, 9.17) is 9.37 Å². The highest BCUT2D eigenvalue weighted by molar-refractivity contribution is 5.97. The van der Waals surface area contributed by atoms with Crippen LogP contribution in [0.5, 0.6) is 0 Å². The summed E-state index contributed by atoms with van der Waals surface area (Å²) in [5.74, 6) is 0.0484. The maximum Gasteiger partial charge on any atom is 0.254 e. The van der Waals surface area contributed by atoms with Gasteiger partial charge in [-0.05, 0) is 52.1 Å². The molecule has 3 aromatic rings. The van der Waals surface area contributed by atoms with Gasteiger partial charge in [-0.2, -0.15) is 0 Å². The van der Waals surface area contributed by atoms with Crippen LogP contribution >= 0.6 is 0 Å². The second-order valence-corrected chi connectivity index (χ2v) is 6.95. The molecule has 0 N–H and O–H groups in total. The van der Waals surface area contributed by atoms with Crippen LogP contribution in [0.15, 0.2) is 41.0 Å².